The van der Waals surface area contributed by atoms with Gasteiger partial charge in [-0.25, -0.2) is 0 Å². The van der Waals surface area contributed by atoms with Gasteiger partial charge in [0.2, 0.25) is 0 Å². The fraction of sp³-hybridized carbons (Fsp3) is 0.429. The molecule has 0 aliphatic carbocycles. The van der Waals surface area contributed by atoms with Crippen LogP contribution in [0, 0.1) is 0 Å². The Morgan fingerprint density at radius 2 is 1.72 bits per heavy atom. The van der Waals surface area contributed by atoms with Gasteiger partial charge in [0, 0.05) is 26.4 Å². The van der Waals surface area contributed by atoms with Gasteiger partial charge in [-0.1, -0.05) is 60.7 Å². The zero-order valence-corrected chi connectivity index (χ0v) is 14.6. The highest BCUT2D eigenvalue weighted by Crippen LogP contribution is 2.36. The average molecular weight is 342 g/mol. The van der Waals surface area contributed by atoms with Crippen molar-refractivity contribution in [3.05, 3.63) is 71.8 Å². The van der Waals surface area contributed by atoms with Crippen LogP contribution < -0.4 is 0 Å². The van der Waals surface area contributed by atoms with Crippen molar-refractivity contribution >= 4 is 0 Å². The Hall–Kier alpha value is -1.72. The van der Waals surface area contributed by atoms with Crippen molar-refractivity contribution in [2.24, 2.45) is 0 Å². The molecule has 2 aromatic carbocycles. The Labute approximate surface area is 149 Å². The predicted molar refractivity (Wildman–Crippen MR) is 96.1 cm³/mol. The van der Waals surface area contributed by atoms with Crippen LogP contribution in [0.5, 0.6) is 0 Å². The molecule has 1 unspecified atom stereocenters. The lowest BCUT2D eigenvalue weighted by Gasteiger charge is -2.36. The van der Waals surface area contributed by atoms with Crippen molar-refractivity contribution < 1.29 is 19.3 Å². The first-order chi connectivity index (χ1) is 12.3. The standard InChI is InChI=1S/C21H26O4/c1-23-15-24-18-12-19(13-20(22)16-8-4-2-5-9-16)25-21(14-18)17-10-6-3-7-11-17/h2-11,18-22H,12-15H2,1H3/t18-,19+,20?,21+/m1/s1. The Bertz CT molecular complexity index is 614. The molecule has 4 atom stereocenters. The minimum atomic E-state index is -0.538. The summed E-state index contributed by atoms with van der Waals surface area (Å²) in [4.78, 5) is 0. The highest BCUT2D eigenvalue weighted by molar-refractivity contribution is 5.19. The highest BCUT2D eigenvalue weighted by atomic mass is 16.7. The Morgan fingerprint density at radius 1 is 1.04 bits per heavy atom. The minimum absolute atomic E-state index is 0.0234. The first-order valence-electron chi connectivity index (χ1n) is 8.80. The second kappa shape index (κ2) is 9.11. The fourth-order valence-electron chi connectivity index (χ4n) is 3.37. The number of aliphatic hydroxyl groups excluding tert-OH is 1. The van der Waals surface area contributed by atoms with E-state index in [1.54, 1.807) is 7.11 Å². The maximum atomic E-state index is 10.5. The third-order valence-corrected chi connectivity index (χ3v) is 4.62. The van der Waals surface area contributed by atoms with E-state index in [2.05, 4.69) is 12.1 Å². The number of benzene rings is 2. The average Bonchev–Trinajstić information content (AvgIpc) is 2.67. The number of rotatable bonds is 7. The molecule has 1 N–H and O–H groups in total. The summed E-state index contributed by atoms with van der Waals surface area (Å²) in [7, 11) is 1.63. The van der Waals surface area contributed by atoms with Crippen LogP contribution >= 0.6 is 0 Å². The van der Waals surface area contributed by atoms with E-state index in [4.69, 9.17) is 14.2 Å². The molecule has 25 heavy (non-hydrogen) atoms. The van der Waals surface area contributed by atoms with Crippen LogP contribution in [0.15, 0.2) is 60.7 Å². The van der Waals surface area contributed by atoms with Gasteiger partial charge in [-0.3, -0.25) is 0 Å². The number of ether oxygens (including phenoxy) is 3. The van der Waals surface area contributed by atoms with Gasteiger partial charge < -0.3 is 19.3 Å². The zero-order valence-electron chi connectivity index (χ0n) is 14.6. The van der Waals surface area contributed by atoms with Gasteiger partial charge >= 0.3 is 0 Å². The lowest BCUT2D eigenvalue weighted by Crippen LogP contribution is -2.34. The minimum Gasteiger partial charge on any atom is -0.388 e. The molecule has 2 aromatic rings. The molecule has 0 saturated carbocycles. The van der Waals surface area contributed by atoms with Crippen molar-refractivity contribution in [3.63, 3.8) is 0 Å². The van der Waals surface area contributed by atoms with E-state index in [1.165, 1.54) is 0 Å². The van der Waals surface area contributed by atoms with E-state index in [-0.39, 0.29) is 25.1 Å². The summed E-state index contributed by atoms with van der Waals surface area (Å²) in [6, 6.07) is 19.9. The number of aliphatic hydroxyl groups is 1. The van der Waals surface area contributed by atoms with Crippen molar-refractivity contribution in [1.82, 2.24) is 0 Å². The summed E-state index contributed by atoms with van der Waals surface area (Å²) >= 11 is 0. The summed E-state index contributed by atoms with van der Waals surface area (Å²) in [5.74, 6) is 0. The summed E-state index contributed by atoms with van der Waals surface area (Å²) in [5.41, 5.74) is 2.06. The number of hydrogen-bond donors (Lipinski definition) is 1. The van der Waals surface area contributed by atoms with Gasteiger partial charge in [-0.2, -0.15) is 0 Å². The Morgan fingerprint density at radius 3 is 2.40 bits per heavy atom. The fourth-order valence-corrected chi connectivity index (χ4v) is 3.37. The molecule has 0 bridgehead atoms. The Balaban J connectivity index is 1.68. The normalized spacial score (nSPS) is 24.8. The molecule has 0 aromatic heterocycles. The molecule has 1 heterocycles. The SMILES string of the molecule is COCO[C@@H]1C[C@@H](CC(O)c2ccccc2)O[C@H](c2ccccc2)C1. The zero-order chi connectivity index (χ0) is 17.5. The summed E-state index contributed by atoms with van der Waals surface area (Å²) in [6.45, 7) is 0.278. The maximum Gasteiger partial charge on any atom is 0.146 e. The summed E-state index contributed by atoms with van der Waals surface area (Å²) in [6.07, 6.45) is 1.55. The molecular formula is C21H26O4. The van der Waals surface area contributed by atoms with Crippen LogP contribution in [-0.4, -0.2) is 31.2 Å². The van der Waals surface area contributed by atoms with E-state index in [0.717, 1.165) is 24.0 Å². The third-order valence-electron chi connectivity index (χ3n) is 4.62. The molecule has 0 radical (unpaired) electrons. The molecule has 1 saturated heterocycles. The predicted octanol–water partition coefficient (Wildman–Crippen LogP) is 4.02. The van der Waals surface area contributed by atoms with Crippen LogP contribution in [0.4, 0.5) is 0 Å². The van der Waals surface area contributed by atoms with Crippen molar-refractivity contribution in [2.75, 3.05) is 13.9 Å². The van der Waals surface area contributed by atoms with Crippen LogP contribution in [0.25, 0.3) is 0 Å². The van der Waals surface area contributed by atoms with Crippen LogP contribution in [0.2, 0.25) is 0 Å². The van der Waals surface area contributed by atoms with Gasteiger partial charge in [0.25, 0.3) is 0 Å². The first-order valence-corrected chi connectivity index (χ1v) is 8.80. The first kappa shape index (κ1) is 18.1. The van der Waals surface area contributed by atoms with Crippen LogP contribution in [0.1, 0.15) is 42.6 Å². The number of methoxy groups -OCH3 is 1. The van der Waals surface area contributed by atoms with Gasteiger partial charge in [-0.05, 0) is 11.1 Å². The molecule has 3 rings (SSSR count). The van der Waals surface area contributed by atoms with Gasteiger partial charge in [0.15, 0.2) is 0 Å². The summed E-state index contributed by atoms with van der Waals surface area (Å²) in [5, 5.41) is 10.5. The molecule has 1 aliphatic rings. The van der Waals surface area contributed by atoms with E-state index in [9.17, 15) is 5.11 Å². The molecule has 4 heteroatoms. The molecule has 0 amide bonds. The quantitative estimate of drug-likeness (QED) is 0.772. The van der Waals surface area contributed by atoms with Crippen LogP contribution in [-0.2, 0) is 14.2 Å². The second-order valence-corrected chi connectivity index (χ2v) is 6.49. The topological polar surface area (TPSA) is 47.9 Å². The van der Waals surface area contributed by atoms with Gasteiger partial charge in [-0.15, -0.1) is 0 Å². The largest absolute Gasteiger partial charge is 0.388 e. The maximum absolute atomic E-state index is 10.5. The summed E-state index contributed by atoms with van der Waals surface area (Å²) < 4.78 is 17.2. The monoisotopic (exact) mass is 342 g/mol. The van der Waals surface area contributed by atoms with E-state index >= 15 is 0 Å². The number of hydrogen-bond acceptors (Lipinski definition) is 4. The lowest BCUT2D eigenvalue weighted by atomic mass is 9.92. The molecule has 1 fully saturated rings. The van der Waals surface area contributed by atoms with E-state index in [1.807, 2.05) is 48.5 Å². The Kier molecular flexibility index (Phi) is 6.59. The lowest BCUT2D eigenvalue weighted by molar-refractivity contribution is -0.156. The highest BCUT2D eigenvalue weighted by Gasteiger charge is 2.32. The molecule has 0 spiro atoms. The van der Waals surface area contributed by atoms with Gasteiger partial charge in [0.05, 0.1) is 24.4 Å². The van der Waals surface area contributed by atoms with Crippen molar-refractivity contribution in [2.45, 2.75) is 43.7 Å². The molecule has 1 aliphatic heterocycles. The van der Waals surface area contributed by atoms with Gasteiger partial charge in [0.1, 0.15) is 6.79 Å². The second-order valence-electron chi connectivity index (χ2n) is 6.49. The molecule has 4 nitrogen and oxygen atoms in total. The molecular weight excluding hydrogens is 316 g/mol. The third kappa shape index (κ3) is 5.13. The van der Waals surface area contributed by atoms with Crippen molar-refractivity contribution in [1.29, 1.82) is 0 Å². The van der Waals surface area contributed by atoms with E-state index in [0.29, 0.717) is 6.42 Å². The molecule has 134 valence electrons. The smallest absolute Gasteiger partial charge is 0.146 e. The van der Waals surface area contributed by atoms with Crippen molar-refractivity contribution in [3.8, 4) is 0 Å². The van der Waals surface area contributed by atoms with Crippen LogP contribution in [0.3, 0.4) is 0 Å². The van der Waals surface area contributed by atoms with E-state index < -0.39 is 6.10 Å².